The zero-order valence-corrected chi connectivity index (χ0v) is 14.4. The van der Waals surface area contributed by atoms with Crippen molar-refractivity contribution in [3.63, 3.8) is 0 Å². The van der Waals surface area contributed by atoms with Gasteiger partial charge in [-0.25, -0.2) is 4.39 Å². The number of nitrogens with one attached hydrogen (secondary N) is 1. The first-order chi connectivity index (χ1) is 12.0. The maximum atomic E-state index is 13.8. The van der Waals surface area contributed by atoms with Gasteiger partial charge in [-0.1, -0.05) is 18.2 Å². The summed E-state index contributed by atoms with van der Waals surface area (Å²) in [6.07, 6.45) is 0. The van der Waals surface area contributed by atoms with Gasteiger partial charge in [0.05, 0.1) is 24.4 Å². The molecule has 0 saturated heterocycles. The second-order valence-corrected chi connectivity index (χ2v) is 5.71. The Bertz CT molecular complexity index is 801. The second-order valence-electron chi connectivity index (χ2n) is 5.71. The molecule has 2 aromatic rings. The summed E-state index contributed by atoms with van der Waals surface area (Å²) >= 11 is 0. The van der Waals surface area contributed by atoms with Crippen LogP contribution < -0.4 is 10.1 Å². The minimum Gasteiger partial charge on any atom is -0.494 e. The third-order valence-electron chi connectivity index (χ3n) is 3.99. The molecule has 25 heavy (non-hydrogen) atoms. The third-order valence-corrected chi connectivity index (χ3v) is 3.99. The molecule has 0 aliphatic carbocycles. The van der Waals surface area contributed by atoms with Gasteiger partial charge in [0, 0.05) is 6.54 Å². The van der Waals surface area contributed by atoms with E-state index in [9.17, 15) is 9.18 Å². The van der Waals surface area contributed by atoms with E-state index in [0.717, 1.165) is 5.56 Å². The van der Waals surface area contributed by atoms with E-state index in [2.05, 4.69) is 5.32 Å². The van der Waals surface area contributed by atoms with Crippen LogP contribution >= 0.6 is 0 Å². The highest BCUT2D eigenvalue weighted by Crippen LogP contribution is 2.19. The zero-order chi connectivity index (χ0) is 18.4. The van der Waals surface area contributed by atoms with Crippen molar-refractivity contribution in [2.45, 2.75) is 19.5 Å². The highest BCUT2D eigenvalue weighted by atomic mass is 19.1. The minimum atomic E-state index is -0.461. The number of methoxy groups -OCH3 is 1. The molecule has 1 atom stereocenters. The average molecular weight is 341 g/mol. The number of ether oxygens (including phenoxy) is 1. The third kappa shape index (κ3) is 4.55. The van der Waals surface area contributed by atoms with Crippen LogP contribution in [0.3, 0.4) is 0 Å². The number of hydrogen-bond acceptors (Lipinski definition) is 4. The van der Waals surface area contributed by atoms with Crippen molar-refractivity contribution in [1.29, 1.82) is 5.26 Å². The Morgan fingerprint density at radius 1 is 1.36 bits per heavy atom. The Labute approximate surface area is 146 Å². The van der Waals surface area contributed by atoms with Gasteiger partial charge >= 0.3 is 0 Å². The van der Waals surface area contributed by atoms with Crippen molar-refractivity contribution < 1.29 is 13.9 Å². The molecule has 5 nitrogen and oxygen atoms in total. The van der Waals surface area contributed by atoms with Crippen molar-refractivity contribution in [2.75, 3.05) is 19.5 Å². The fourth-order valence-corrected chi connectivity index (χ4v) is 2.36. The Morgan fingerprint density at radius 2 is 2.08 bits per heavy atom. The molecule has 1 amide bonds. The topological polar surface area (TPSA) is 65.4 Å². The molecular formula is C19H20FN3O2. The molecule has 0 aromatic heterocycles. The number of benzene rings is 2. The molecule has 0 unspecified atom stereocenters. The molecule has 130 valence electrons. The van der Waals surface area contributed by atoms with Gasteiger partial charge in [0.1, 0.15) is 6.07 Å². The van der Waals surface area contributed by atoms with Crippen LogP contribution in [0.1, 0.15) is 18.1 Å². The van der Waals surface area contributed by atoms with Gasteiger partial charge in [0.15, 0.2) is 11.6 Å². The molecule has 0 aliphatic rings. The summed E-state index contributed by atoms with van der Waals surface area (Å²) in [5.74, 6) is -0.488. The lowest BCUT2D eigenvalue weighted by atomic mass is 10.1. The fourth-order valence-electron chi connectivity index (χ4n) is 2.36. The van der Waals surface area contributed by atoms with E-state index < -0.39 is 11.9 Å². The number of amides is 1. The molecule has 2 rings (SSSR count). The molecule has 0 saturated carbocycles. The van der Waals surface area contributed by atoms with Crippen LogP contribution in [0, 0.1) is 17.1 Å². The summed E-state index contributed by atoms with van der Waals surface area (Å²) in [6.45, 7) is 2.15. The van der Waals surface area contributed by atoms with Crippen LogP contribution in [-0.2, 0) is 11.3 Å². The Morgan fingerprint density at radius 3 is 2.72 bits per heavy atom. The molecule has 0 radical (unpaired) electrons. The minimum absolute atomic E-state index is 0.185. The van der Waals surface area contributed by atoms with Gasteiger partial charge in [-0.05, 0) is 43.8 Å². The molecule has 1 N–H and O–H groups in total. The monoisotopic (exact) mass is 341 g/mol. The predicted molar refractivity (Wildman–Crippen MR) is 93.7 cm³/mol. The number of nitrogens with zero attached hydrogens (tertiary/aromatic N) is 2. The van der Waals surface area contributed by atoms with Crippen molar-refractivity contribution >= 4 is 11.6 Å². The van der Waals surface area contributed by atoms with Gasteiger partial charge in [-0.3, -0.25) is 9.69 Å². The number of carbonyl (C=O) groups excluding carboxylic acids is 1. The lowest BCUT2D eigenvalue weighted by Gasteiger charge is -2.24. The van der Waals surface area contributed by atoms with Crippen molar-refractivity contribution in [2.24, 2.45) is 0 Å². The molecule has 0 aliphatic heterocycles. The van der Waals surface area contributed by atoms with Crippen LogP contribution in [0.4, 0.5) is 10.1 Å². The van der Waals surface area contributed by atoms with Crippen LogP contribution in [0.2, 0.25) is 0 Å². The number of carbonyl (C=O) groups is 1. The Kier molecular flexibility index (Phi) is 6.09. The summed E-state index contributed by atoms with van der Waals surface area (Å²) in [5.41, 5.74) is 1.62. The predicted octanol–water partition coefficient (Wildman–Crippen LogP) is 3.16. The number of para-hydroxylation sites is 1. The molecule has 0 spiro atoms. The van der Waals surface area contributed by atoms with E-state index in [1.807, 2.05) is 6.07 Å². The largest absolute Gasteiger partial charge is 0.494 e. The number of halogens is 1. The van der Waals surface area contributed by atoms with Crippen LogP contribution in [0.15, 0.2) is 42.5 Å². The van der Waals surface area contributed by atoms with Crippen molar-refractivity contribution in [1.82, 2.24) is 4.90 Å². The van der Waals surface area contributed by atoms with Gasteiger partial charge in [0.25, 0.3) is 0 Å². The molecule has 0 bridgehead atoms. The highest BCUT2D eigenvalue weighted by molar-refractivity contribution is 5.95. The van der Waals surface area contributed by atoms with Gasteiger partial charge in [-0.15, -0.1) is 0 Å². The number of anilines is 1. The maximum absolute atomic E-state index is 13.8. The first kappa shape index (κ1) is 18.4. The zero-order valence-electron chi connectivity index (χ0n) is 14.4. The van der Waals surface area contributed by atoms with Crippen molar-refractivity contribution in [3.05, 3.63) is 59.4 Å². The number of nitriles is 1. The van der Waals surface area contributed by atoms with Crippen LogP contribution in [-0.4, -0.2) is 31.0 Å². The second kappa shape index (κ2) is 8.27. The Balaban J connectivity index is 2.04. The average Bonchev–Trinajstić information content (AvgIpc) is 2.61. The first-order valence-electron chi connectivity index (χ1n) is 7.79. The van der Waals surface area contributed by atoms with E-state index in [1.165, 1.54) is 13.2 Å². The van der Waals surface area contributed by atoms with E-state index >= 15 is 0 Å². The summed E-state index contributed by atoms with van der Waals surface area (Å²) in [5, 5.41) is 11.8. The lowest BCUT2D eigenvalue weighted by molar-refractivity contribution is -0.120. The SMILES string of the molecule is COc1ccc(CN(C)[C@H](C)C(=O)Nc2ccccc2C#N)cc1F. The molecule has 6 heteroatoms. The van der Waals surface area contributed by atoms with E-state index in [-0.39, 0.29) is 11.7 Å². The number of rotatable bonds is 6. The van der Waals surface area contributed by atoms with Crippen LogP contribution in [0.5, 0.6) is 5.75 Å². The standard InChI is InChI=1S/C19H20FN3O2/c1-13(19(24)22-17-7-5-4-6-15(17)11-21)23(2)12-14-8-9-18(25-3)16(20)10-14/h4-10,13H,12H2,1-3H3,(H,22,24)/t13-/m1/s1. The number of hydrogen-bond donors (Lipinski definition) is 1. The summed E-state index contributed by atoms with van der Waals surface area (Å²) in [4.78, 5) is 14.2. The fraction of sp³-hybridized carbons (Fsp3) is 0.263. The molecule has 2 aromatic carbocycles. The lowest BCUT2D eigenvalue weighted by Crippen LogP contribution is -2.39. The smallest absolute Gasteiger partial charge is 0.241 e. The summed E-state index contributed by atoms with van der Waals surface area (Å²) in [7, 11) is 3.19. The molecular weight excluding hydrogens is 321 g/mol. The summed E-state index contributed by atoms with van der Waals surface area (Å²) < 4.78 is 18.7. The van der Waals surface area contributed by atoms with E-state index in [1.54, 1.807) is 55.3 Å². The van der Waals surface area contributed by atoms with Crippen molar-refractivity contribution in [3.8, 4) is 11.8 Å². The molecule has 0 heterocycles. The normalized spacial score (nSPS) is 11.7. The number of likely N-dealkylation sites (N-methyl/N-ethyl adjacent to an activating group) is 1. The Hall–Kier alpha value is -2.91. The van der Waals surface area contributed by atoms with Gasteiger partial charge < -0.3 is 10.1 Å². The summed E-state index contributed by atoms with van der Waals surface area (Å²) in [6, 6.07) is 13.1. The van der Waals surface area contributed by atoms with Gasteiger partial charge in [0.2, 0.25) is 5.91 Å². The molecule has 0 fully saturated rings. The van der Waals surface area contributed by atoms with E-state index in [4.69, 9.17) is 10.00 Å². The highest BCUT2D eigenvalue weighted by Gasteiger charge is 2.19. The first-order valence-corrected chi connectivity index (χ1v) is 7.79. The van der Waals surface area contributed by atoms with E-state index in [0.29, 0.717) is 17.8 Å². The quantitative estimate of drug-likeness (QED) is 0.876. The maximum Gasteiger partial charge on any atom is 0.241 e. The van der Waals surface area contributed by atoms with Crippen LogP contribution in [0.25, 0.3) is 0 Å². The van der Waals surface area contributed by atoms with Gasteiger partial charge in [-0.2, -0.15) is 5.26 Å².